The Kier molecular flexibility index (Phi) is 5.98. The topological polar surface area (TPSA) is 17.4 Å². The molecule has 136 valence electrons. The van der Waals surface area contributed by atoms with Crippen molar-refractivity contribution in [1.29, 1.82) is 0 Å². The highest BCUT2D eigenvalue weighted by Crippen LogP contribution is 2.35. The first-order valence-electron chi connectivity index (χ1n) is 9.63. The van der Waals surface area contributed by atoms with E-state index in [2.05, 4.69) is 66.6 Å². The summed E-state index contributed by atoms with van der Waals surface area (Å²) in [6, 6.07) is 13.7. The first kappa shape index (κ1) is 18.2. The summed E-state index contributed by atoms with van der Waals surface area (Å²) in [5, 5.41) is 0. The van der Waals surface area contributed by atoms with Gasteiger partial charge in [0.1, 0.15) is 0 Å². The molecular weight excluding hydrogens is 308 g/mol. The van der Waals surface area contributed by atoms with Crippen LogP contribution in [0, 0.1) is 13.8 Å². The highest BCUT2D eigenvalue weighted by Gasteiger charge is 2.33. The largest absolute Gasteiger partial charge is 0.375 e. The molecule has 1 aromatic heterocycles. The van der Waals surface area contributed by atoms with Crippen molar-refractivity contribution < 1.29 is 4.74 Å². The third-order valence-corrected chi connectivity index (χ3v) is 5.68. The number of rotatable bonds is 7. The van der Waals surface area contributed by atoms with Gasteiger partial charge in [-0.2, -0.15) is 0 Å². The van der Waals surface area contributed by atoms with Gasteiger partial charge in [0.05, 0.1) is 6.10 Å². The molecule has 0 fully saturated rings. The molecule has 3 nitrogen and oxygen atoms in total. The maximum Gasteiger partial charge on any atom is 0.0978 e. The number of aromatic nitrogens is 1. The number of hydrogen-bond acceptors (Lipinski definition) is 2. The van der Waals surface area contributed by atoms with E-state index in [1.807, 2.05) is 7.11 Å². The van der Waals surface area contributed by atoms with Crippen LogP contribution in [0.2, 0.25) is 0 Å². The van der Waals surface area contributed by atoms with Crippen LogP contribution in [0.1, 0.15) is 48.4 Å². The minimum Gasteiger partial charge on any atom is -0.375 e. The highest BCUT2D eigenvalue weighted by molar-refractivity contribution is 5.33. The second-order valence-electron chi connectivity index (χ2n) is 7.26. The number of nitrogens with zero attached hydrogens (tertiary/aromatic N) is 2. The number of ether oxygens (including phenoxy) is 1. The zero-order chi connectivity index (χ0) is 17.8. The van der Waals surface area contributed by atoms with E-state index in [4.69, 9.17) is 4.74 Å². The molecule has 0 spiro atoms. The average Bonchev–Trinajstić information content (AvgIpc) is 2.95. The van der Waals surface area contributed by atoms with Crippen molar-refractivity contribution in [3.8, 4) is 0 Å². The molecule has 1 aliphatic rings. The Balaban J connectivity index is 1.78. The Hall–Kier alpha value is -1.58. The number of benzene rings is 1. The Morgan fingerprint density at radius 2 is 1.80 bits per heavy atom. The van der Waals surface area contributed by atoms with Crippen LogP contribution in [0.3, 0.4) is 0 Å². The number of methoxy groups -OCH3 is 1. The molecule has 0 bridgehead atoms. The summed E-state index contributed by atoms with van der Waals surface area (Å²) >= 11 is 0. The lowest BCUT2D eigenvalue weighted by Gasteiger charge is -2.40. The normalized spacial score (nSPS) is 20.0. The predicted octanol–water partition coefficient (Wildman–Crippen LogP) is 4.52. The summed E-state index contributed by atoms with van der Waals surface area (Å²) in [6.45, 7) is 9.94. The van der Waals surface area contributed by atoms with Crippen molar-refractivity contribution in [3.05, 3.63) is 58.9 Å². The second-order valence-corrected chi connectivity index (χ2v) is 7.26. The molecule has 2 aromatic rings. The van der Waals surface area contributed by atoms with Gasteiger partial charge in [0.25, 0.3) is 0 Å². The number of aryl methyl sites for hydroxylation is 3. The zero-order valence-electron chi connectivity index (χ0n) is 16.2. The molecule has 1 heterocycles. The minimum absolute atomic E-state index is 0.184. The first-order valence-corrected chi connectivity index (χ1v) is 9.63. The van der Waals surface area contributed by atoms with Gasteiger partial charge in [-0.1, -0.05) is 31.2 Å². The van der Waals surface area contributed by atoms with E-state index in [9.17, 15) is 0 Å². The summed E-state index contributed by atoms with van der Waals surface area (Å²) in [4.78, 5) is 2.66. The number of fused-ring (bicyclic) bond motifs is 1. The Morgan fingerprint density at radius 3 is 2.48 bits per heavy atom. The predicted molar refractivity (Wildman–Crippen MR) is 104 cm³/mol. The molecule has 2 unspecified atom stereocenters. The van der Waals surface area contributed by atoms with Gasteiger partial charge in [-0.3, -0.25) is 4.90 Å². The van der Waals surface area contributed by atoms with E-state index in [0.29, 0.717) is 6.04 Å². The Bertz CT molecular complexity index is 672. The quantitative estimate of drug-likeness (QED) is 0.737. The summed E-state index contributed by atoms with van der Waals surface area (Å²) in [5.74, 6) is 0. The molecule has 2 atom stereocenters. The van der Waals surface area contributed by atoms with Crippen molar-refractivity contribution in [2.24, 2.45) is 0 Å². The standard InChI is InChI=1S/C22H32N2O/c1-5-14-23(15-16-24-17(2)10-11-18(24)3)21-13-12-19-8-6-7-9-20(19)22(21)25-4/h6-11,21-22H,5,12-16H2,1-4H3. The Labute approximate surface area is 152 Å². The SMILES string of the molecule is CCCN(CCn1c(C)ccc1C)C1CCc2ccccc2C1OC. The average molecular weight is 341 g/mol. The molecule has 1 aliphatic carbocycles. The fourth-order valence-electron chi connectivity index (χ4n) is 4.37. The van der Waals surface area contributed by atoms with Gasteiger partial charge in [0.15, 0.2) is 0 Å². The van der Waals surface area contributed by atoms with Gasteiger partial charge in [-0.05, 0) is 62.9 Å². The van der Waals surface area contributed by atoms with Crippen molar-refractivity contribution in [1.82, 2.24) is 9.47 Å². The van der Waals surface area contributed by atoms with Crippen molar-refractivity contribution in [3.63, 3.8) is 0 Å². The van der Waals surface area contributed by atoms with Crippen LogP contribution in [-0.2, 0) is 17.7 Å². The van der Waals surface area contributed by atoms with E-state index in [1.54, 1.807) is 0 Å². The van der Waals surface area contributed by atoms with Crippen LogP contribution in [-0.4, -0.2) is 35.7 Å². The minimum atomic E-state index is 0.184. The maximum absolute atomic E-state index is 5.99. The van der Waals surface area contributed by atoms with E-state index in [-0.39, 0.29) is 6.10 Å². The summed E-state index contributed by atoms with van der Waals surface area (Å²) < 4.78 is 8.43. The van der Waals surface area contributed by atoms with Gasteiger partial charge in [-0.25, -0.2) is 0 Å². The van der Waals surface area contributed by atoms with Crippen molar-refractivity contribution in [2.75, 3.05) is 20.2 Å². The molecule has 3 heteroatoms. The monoisotopic (exact) mass is 340 g/mol. The van der Waals surface area contributed by atoms with E-state index in [1.165, 1.54) is 35.4 Å². The van der Waals surface area contributed by atoms with E-state index >= 15 is 0 Å². The fraction of sp³-hybridized carbons (Fsp3) is 0.545. The van der Waals surface area contributed by atoms with Gasteiger partial charge in [0, 0.05) is 37.6 Å². The third-order valence-electron chi connectivity index (χ3n) is 5.68. The molecular formula is C22H32N2O. The van der Waals surface area contributed by atoms with E-state index in [0.717, 1.165) is 26.1 Å². The van der Waals surface area contributed by atoms with Gasteiger partial charge < -0.3 is 9.30 Å². The molecule has 0 aliphatic heterocycles. The van der Waals surface area contributed by atoms with Gasteiger partial charge >= 0.3 is 0 Å². The molecule has 0 N–H and O–H groups in total. The highest BCUT2D eigenvalue weighted by atomic mass is 16.5. The van der Waals surface area contributed by atoms with Crippen molar-refractivity contribution in [2.45, 2.75) is 58.7 Å². The maximum atomic E-state index is 5.99. The molecule has 3 rings (SSSR count). The number of hydrogen-bond donors (Lipinski definition) is 0. The van der Waals surface area contributed by atoms with Crippen LogP contribution in [0.15, 0.2) is 36.4 Å². The fourth-order valence-corrected chi connectivity index (χ4v) is 4.37. The second kappa shape index (κ2) is 8.20. The lowest BCUT2D eigenvalue weighted by atomic mass is 9.85. The molecule has 0 saturated heterocycles. The lowest BCUT2D eigenvalue weighted by Crippen LogP contribution is -2.44. The molecule has 0 radical (unpaired) electrons. The van der Waals surface area contributed by atoms with Crippen LogP contribution < -0.4 is 0 Å². The first-order chi connectivity index (χ1) is 12.2. The smallest absolute Gasteiger partial charge is 0.0978 e. The van der Waals surface area contributed by atoms with E-state index < -0.39 is 0 Å². The summed E-state index contributed by atoms with van der Waals surface area (Å²) in [6.07, 6.45) is 3.70. The van der Waals surface area contributed by atoms with Crippen LogP contribution in [0.25, 0.3) is 0 Å². The summed E-state index contributed by atoms with van der Waals surface area (Å²) in [7, 11) is 1.87. The zero-order valence-corrected chi connectivity index (χ0v) is 16.2. The van der Waals surface area contributed by atoms with Gasteiger partial charge in [-0.15, -0.1) is 0 Å². The molecule has 1 aromatic carbocycles. The Morgan fingerprint density at radius 1 is 1.08 bits per heavy atom. The third kappa shape index (κ3) is 3.83. The van der Waals surface area contributed by atoms with Crippen LogP contribution >= 0.6 is 0 Å². The van der Waals surface area contributed by atoms with Gasteiger partial charge in [0.2, 0.25) is 0 Å². The lowest BCUT2D eigenvalue weighted by molar-refractivity contribution is 0.000772. The van der Waals surface area contributed by atoms with Crippen molar-refractivity contribution >= 4 is 0 Å². The van der Waals surface area contributed by atoms with Crippen LogP contribution in [0.5, 0.6) is 0 Å². The summed E-state index contributed by atoms with van der Waals surface area (Å²) in [5.41, 5.74) is 5.55. The molecule has 25 heavy (non-hydrogen) atoms. The molecule has 0 saturated carbocycles. The van der Waals surface area contributed by atoms with Crippen LogP contribution in [0.4, 0.5) is 0 Å². The molecule has 0 amide bonds.